The molecule has 2 aliphatic rings. The smallest absolute Gasteiger partial charge is 0.391 e. The van der Waals surface area contributed by atoms with E-state index in [1.807, 2.05) is 6.92 Å². The summed E-state index contributed by atoms with van der Waals surface area (Å²) in [5.74, 6) is -2.34. The molecule has 30 heavy (non-hydrogen) atoms. The van der Waals surface area contributed by atoms with Crippen molar-refractivity contribution in [3.05, 3.63) is 35.4 Å². The quantitative estimate of drug-likeness (QED) is 0.742. The van der Waals surface area contributed by atoms with Crippen LogP contribution in [0.15, 0.2) is 29.3 Å². The first kappa shape index (κ1) is 22.3. The van der Waals surface area contributed by atoms with Gasteiger partial charge in [0, 0.05) is 11.0 Å². The van der Waals surface area contributed by atoms with Crippen molar-refractivity contribution >= 4 is 17.6 Å². The number of fused-ring (bicyclic) bond motifs is 3. The molecule has 164 valence electrons. The third-order valence-electron chi connectivity index (χ3n) is 6.57. The Morgan fingerprint density at radius 3 is 2.43 bits per heavy atom. The van der Waals surface area contributed by atoms with Gasteiger partial charge < -0.3 is 10.4 Å². The van der Waals surface area contributed by atoms with Crippen molar-refractivity contribution in [2.45, 2.75) is 76.0 Å². The molecule has 1 fully saturated rings. The average molecular weight is 424 g/mol. The molecule has 2 unspecified atom stereocenters. The number of aliphatic imine (C=N–C) groups is 1. The zero-order chi connectivity index (χ0) is 22.3. The Bertz CT molecular complexity index is 881. The van der Waals surface area contributed by atoms with E-state index in [2.05, 4.69) is 10.3 Å². The number of nitrogens with one attached hydrogen (secondary N) is 1. The molecular formula is C22H27F3N2O3. The maximum Gasteiger partial charge on any atom is 0.391 e. The highest BCUT2D eigenvalue weighted by Gasteiger charge is 2.58. The van der Waals surface area contributed by atoms with Crippen molar-refractivity contribution in [3.8, 4) is 0 Å². The van der Waals surface area contributed by atoms with Crippen LogP contribution in [0, 0.1) is 5.92 Å². The Morgan fingerprint density at radius 2 is 1.83 bits per heavy atom. The summed E-state index contributed by atoms with van der Waals surface area (Å²) in [5.41, 5.74) is -1.30. The van der Waals surface area contributed by atoms with E-state index >= 15 is 0 Å². The van der Waals surface area contributed by atoms with Crippen molar-refractivity contribution in [3.63, 3.8) is 0 Å². The molecule has 0 radical (unpaired) electrons. The van der Waals surface area contributed by atoms with Gasteiger partial charge in [-0.1, -0.05) is 57.9 Å². The SMILES string of the molecule is CC(C)[C@H](NC(=O)C1=NC2(CC(F)(F)F)CCCCC2(C)c2ccccc21)C(=O)O. The third kappa shape index (κ3) is 3.84. The highest BCUT2D eigenvalue weighted by molar-refractivity contribution is 6.46. The van der Waals surface area contributed by atoms with Gasteiger partial charge in [-0.25, -0.2) is 4.79 Å². The number of alkyl halides is 3. The van der Waals surface area contributed by atoms with E-state index in [4.69, 9.17) is 0 Å². The molecule has 1 saturated carbocycles. The Hall–Kier alpha value is -2.38. The van der Waals surface area contributed by atoms with Crippen LogP contribution >= 0.6 is 0 Å². The lowest BCUT2D eigenvalue weighted by Crippen LogP contribution is -2.58. The van der Waals surface area contributed by atoms with Crippen LogP contribution < -0.4 is 5.32 Å². The topological polar surface area (TPSA) is 78.8 Å². The van der Waals surface area contributed by atoms with E-state index in [0.717, 1.165) is 6.42 Å². The highest BCUT2D eigenvalue weighted by Crippen LogP contribution is 2.55. The first-order valence-electron chi connectivity index (χ1n) is 10.2. The fraction of sp³-hybridized carbons (Fsp3) is 0.591. The zero-order valence-corrected chi connectivity index (χ0v) is 17.3. The molecule has 2 N–H and O–H groups in total. The molecule has 1 heterocycles. The van der Waals surface area contributed by atoms with Gasteiger partial charge in [0.05, 0.1) is 12.0 Å². The third-order valence-corrected chi connectivity index (χ3v) is 6.57. The molecule has 1 aliphatic heterocycles. The van der Waals surface area contributed by atoms with E-state index in [1.54, 1.807) is 38.1 Å². The molecule has 0 spiro atoms. The number of carbonyl (C=O) groups is 2. The molecule has 1 aromatic rings. The first-order chi connectivity index (χ1) is 13.9. The summed E-state index contributed by atoms with van der Waals surface area (Å²) >= 11 is 0. The molecule has 0 saturated heterocycles. The highest BCUT2D eigenvalue weighted by atomic mass is 19.4. The second-order valence-corrected chi connectivity index (χ2v) is 8.90. The lowest BCUT2D eigenvalue weighted by atomic mass is 9.55. The van der Waals surface area contributed by atoms with Gasteiger partial charge in [-0.05, 0) is 24.3 Å². The van der Waals surface area contributed by atoms with E-state index in [1.165, 1.54) is 0 Å². The standard InChI is InChI=1S/C22H27F3N2O3/c1-13(2)16(19(29)30)26-18(28)17-14-8-4-5-9-15(14)20(3)10-6-7-11-21(20,27-17)12-22(23,24)25/h4-5,8-9,13,16H,6-7,10-12H2,1-3H3,(H,26,28)(H,29,30)/t16-,20?,21?/m0/s1. The van der Waals surface area contributed by atoms with Crippen molar-refractivity contribution in [1.29, 1.82) is 0 Å². The molecule has 3 rings (SSSR count). The maximum absolute atomic E-state index is 13.7. The molecular weight excluding hydrogens is 397 g/mol. The summed E-state index contributed by atoms with van der Waals surface area (Å²) in [6, 6.07) is 5.75. The van der Waals surface area contributed by atoms with Gasteiger partial charge >= 0.3 is 12.1 Å². The van der Waals surface area contributed by atoms with Crippen LogP contribution in [0.25, 0.3) is 0 Å². The van der Waals surface area contributed by atoms with Crippen LogP contribution in [0.5, 0.6) is 0 Å². The van der Waals surface area contributed by atoms with Gasteiger partial charge in [-0.15, -0.1) is 0 Å². The van der Waals surface area contributed by atoms with Crippen LogP contribution in [0.4, 0.5) is 13.2 Å². The van der Waals surface area contributed by atoms with Crippen LogP contribution in [0.2, 0.25) is 0 Å². The average Bonchev–Trinajstić information content (AvgIpc) is 2.64. The van der Waals surface area contributed by atoms with Crippen molar-refractivity contribution in [1.82, 2.24) is 5.32 Å². The second-order valence-electron chi connectivity index (χ2n) is 8.90. The van der Waals surface area contributed by atoms with Crippen LogP contribution in [0.1, 0.15) is 64.0 Å². The molecule has 8 heteroatoms. The summed E-state index contributed by atoms with van der Waals surface area (Å²) in [6.45, 7) is 5.11. The van der Waals surface area contributed by atoms with E-state index in [9.17, 15) is 27.9 Å². The molecule has 1 amide bonds. The van der Waals surface area contributed by atoms with Gasteiger partial charge in [0.2, 0.25) is 0 Å². The molecule has 5 nitrogen and oxygen atoms in total. The molecule has 0 bridgehead atoms. The van der Waals surface area contributed by atoms with Gasteiger partial charge in [0.1, 0.15) is 11.8 Å². The maximum atomic E-state index is 13.7. The number of hydrogen-bond donors (Lipinski definition) is 2. The summed E-state index contributed by atoms with van der Waals surface area (Å²) in [5, 5.41) is 11.9. The molecule has 1 aliphatic carbocycles. The Kier molecular flexibility index (Phi) is 5.73. The fourth-order valence-corrected chi connectivity index (χ4v) is 4.97. The van der Waals surface area contributed by atoms with Crippen molar-refractivity contribution < 1.29 is 27.9 Å². The van der Waals surface area contributed by atoms with Crippen LogP contribution in [-0.4, -0.2) is 40.5 Å². The number of halogens is 3. The van der Waals surface area contributed by atoms with Gasteiger partial charge in [0.25, 0.3) is 5.91 Å². The minimum absolute atomic E-state index is 0.110. The number of nitrogens with zero attached hydrogens (tertiary/aromatic N) is 1. The van der Waals surface area contributed by atoms with Gasteiger partial charge in [0.15, 0.2) is 0 Å². The van der Waals surface area contributed by atoms with Crippen LogP contribution in [-0.2, 0) is 15.0 Å². The second kappa shape index (κ2) is 7.71. The summed E-state index contributed by atoms with van der Waals surface area (Å²) in [7, 11) is 0. The Labute approximate surface area is 173 Å². The molecule has 3 atom stereocenters. The summed E-state index contributed by atoms with van der Waals surface area (Å²) in [4.78, 5) is 29.1. The number of carbonyl (C=O) groups excluding carboxylic acids is 1. The number of carboxylic acids is 1. The number of aliphatic carboxylic acids is 1. The van der Waals surface area contributed by atoms with E-state index in [-0.39, 0.29) is 12.1 Å². The predicted molar refractivity (Wildman–Crippen MR) is 107 cm³/mol. The normalized spacial score (nSPS) is 27.0. The number of carboxylic acid groups (broad SMARTS) is 1. The lowest BCUT2D eigenvalue weighted by molar-refractivity contribution is -0.156. The predicted octanol–water partition coefficient (Wildman–Crippen LogP) is 4.24. The number of amides is 1. The minimum atomic E-state index is -4.45. The number of rotatable bonds is 5. The Balaban J connectivity index is 2.15. The number of hydrogen-bond acceptors (Lipinski definition) is 3. The number of benzene rings is 1. The van der Waals surface area contributed by atoms with E-state index in [0.29, 0.717) is 24.0 Å². The van der Waals surface area contributed by atoms with Gasteiger partial charge in [-0.3, -0.25) is 9.79 Å². The van der Waals surface area contributed by atoms with Crippen LogP contribution in [0.3, 0.4) is 0 Å². The first-order valence-corrected chi connectivity index (χ1v) is 10.2. The largest absolute Gasteiger partial charge is 0.480 e. The Morgan fingerprint density at radius 1 is 1.20 bits per heavy atom. The summed E-state index contributed by atoms with van der Waals surface area (Å²) in [6.07, 6.45) is -3.42. The molecule has 1 aromatic carbocycles. The van der Waals surface area contributed by atoms with Crippen molar-refractivity contribution in [2.75, 3.05) is 0 Å². The van der Waals surface area contributed by atoms with E-state index < -0.39 is 47.4 Å². The minimum Gasteiger partial charge on any atom is -0.480 e. The molecule has 0 aromatic heterocycles. The monoisotopic (exact) mass is 424 g/mol. The van der Waals surface area contributed by atoms with Crippen molar-refractivity contribution in [2.24, 2.45) is 10.9 Å². The fourth-order valence-electron chi connectivity index (χ4n) is 4.97. The van der Waals surface area contributed by atoms with Gasteiger partial charge in [-0.2, -0.15) is 13.2 Å². The summed E-state index contributed by atoms with van der Waals surface area (Å²) < 4.78 is 41.0. The lowest BCUT2D eigenvalue weighted by Gasteiger charge is -2.53. The zero-order valence-electron chi connectivity index (χ0n) is 17.3.